The average Bonchev–Trinajstić information content (AvgIpc) is 2.62. The summed E-state index contributed by atoms with van der Waals surface area (Å²) in [4.78, 5) is 16.8. The zero-order chi connectivity index (χ0) is 17.8. The average molecular weight is 348 g/mol. The Bertz CT molecular complexity index is 593. The van der Waals surface area contributed by atoms with E-state index in [9.17, 15) is 14.3 Å². The number of aryl methyl sites for hydroxylation is 1. The van der Waals surface area contributed by atoms with Crippen molar-refractivity contribution < 1.29 is 14.3 Å². The van der Waals surface area contributed by atoms with Crippen molar-refractivity contribution in [1.29, 1.82) is 0 Å². The van der Waals surface area contributed by atoms with E-state index in [0.29, 0.717) is 12.5 Å². The van der Waals surface area contributed by atoms with Crippen molar-refractivity contribution >= 4 is 5.91 Å². The van der Waals surface area contributed by atoms with Crippen molar-refractivity contribution in [3.8, 4) is 0 Å². The molecule has 25 heavy (non-hydrogen) atoms. The van der Waals surface area contributed by atoms with Gasteiger partial charge in [0.1, 0.15) is 5.82 Å². The molecule has 1 aliphatic heterocycles. The lowest BCUT2D eigenvalue weighted by atomic mass is 9.88. The summed E-state index contributed by atoms with van der Waals surface area (Å²) in [5.74, 6) is 0.283. The molecule has 1 heterocycles. The fourth-order valence-electron chi connectivity index (χ4n) is 4.11. The molecule has 1 saturated heterocycles. The molecule has 1 aromatic carbocycles. The lowest BCUT2D eigenvalue weighted by Gasteiger charge is -2.38. The molecule has 1 amide bonds. The predicted octanol–water partition coefficient (Wildman–Crippen LogP) is 2.89. The molecule has 2 aliphatic rings. The second-order valence-corrected chi connectivity index (χ2v) is 7.48. The molecule has 3 rings (SSSR count). The minimum Gasteiger partial charge on any atom is -0.387 e. The van der Waals surface area contributed by atoms with Gasteiger partial charge in [0.15, 0.2) is 0 Å². The number of piperazine rings is 1. The first-order valence-electron chi connectivity index (χ1n) is 9.50. The number of β-amino-alcohol motifs (C(OH)–C–C–N with tert-alkyl or cyclic N) is 1. The highest BCUT2D eigenvalue weighted by Crippen LogP contribution is 2.26. The minimum atomic E-state index is -0.624. The van der Waals surface area contributed by atoms with Gasteiger partial charge in [0.05, 0.1) is 6.10 Å². The molecule has 1 atom stereocenters. The highest BCUT2D eigenvalue weighted by Gasteiger charge is 2.29. The van der Waals surface area contributed by atoms with Gasteiger partial charge in [-0.25, -0.2) is 4.39 Å². The molecule has 1 unspecified atom stereocenters. The third-order valence-electron chi connectivity index (χ3n) is 5.66. The zero-order valence-corrected chi connectivity index (χ0v) is 15.1. The maximum Gasteiger partial charge on any atom is 0.225 e. The van der Waals surface area contributed by atoms with Crippen LogP contribution in [0.4, 0.5) is 4.39 Å². The lowest BCUT2D eigenvalue weighted by molar-refractivity contribution is -0.138. The van der Waals surface area contributed by atoms with Crippen LogP contribution in [-0.2, 0) is 4.79 Å². The summed E-state index contributed by atoms with van der Waals surface area (Å²) in [5, 5.41) is 10.5. The number of carbonyl (C=O) groups excluding carboxylic acids is 1. The first-order chi connectivity index (χ1) is 12.0. The summed E-state index contributed by atoms with van der Waals surface area (Å²) in [6, 6.07) is 4.52. The summed E-state index contributed by atoms with van der Waals surface area (Å²) >= 11 is 0. The zero-order valence-electron chi connectivity index (χ0n) is 15.1. The van der Waals surface area contributed by atoms with Crippen molar-refractivity contribution in [3.05, 3.63) is 35.1 Å². The van der Waals surface area contributed by atoms with Gasteiger partial charge in [-0.15, -0.1) is 0 Å². The Morgan fingerprint density at radius 2 is 1.88 bits per heavy atom. The van der Waals surface area contributed by atoms with Gasteiger partial charge in [0.25, 0.3) is 0 Å². The molecular formula is C20H29FN2O2. The van der Waals surface area contributed by atoms with Gasteiger partial charge in [-0.1, -0.05) is 25.3 Å². The molecule has 1 N–H and O–H groups in total. The first kappa shape index (κ1) is 18.3. The van der Waals surface area contributed by atoms with Crippen LogP contribution >= 0.6 is 0 Å². The van der Waals surface area contributed by atoms with E-state index in [1.807, 2.05) is 11.8 Å². The number of aliphatic hydroxyl groups is 1. The minimum absolute atomic E-state index is 0.229. The monoisotopic (exact) mass is 348 g/mol. The Balaban J connectivity index is 1.49. The molecule has 4 nitrogen and oxygen atoms in total. The SMILES string of the molecule is Cc1cc(F)ccc1C(O)CN1CCN(C(=O)C2CCCCC2)CC1. The molecule has 1 aliphatic carbocycles. The Morgan fingerprint density at radius 1 is 1.20 bits per heavy atom. The van der Waals surface area contributed by atoms with Crippen LogP contribution < -0.4 is 0 Å². The number of benzene rings is 1. The third kappa shape index (κ3) is 4.59. The Labute approximate surface area is 149 Å². The number of rotatable bonds is 4. The summed E-state index contributed by atoms with van der Waals surface area (Å²) in [7, 11) is 0. The predicted molar refractivity (Wildman–Crippen MR) is 95.7 cm³/mol. The van der Waals surface area contributed by atoms with Crippen molar-refractivity contribution in [2.45, 2.75) is 45.1 Å². The Hall–Kier alpha value is -1.46. The van der Waals surface area contributed by atoms with Gasteiger partial charge in [-0.05, 0) is 43.0 Å². The molecule has 2 fully saturated rings. The van der Waals surface area contributed by atoms with E-state index in [2.05, 4.69) is 4.90 Å². The fourth-order valence-corrected chi connectivity index (χ4v) is 4.11. The van der Waals surface area contributed by atoms with Crippen molar-refractivity contribution in [2.24, 2.45) is 5.92 Å². The second-order valence-electron chi connectivity index (χ2n) is 7.48. The molecule has 1 aromatic rings. The number of carbonyl (C=O) groups is 1. The summed E-state index contributed by atoms with van der Waals surface area (Å²) in [5.41, 5.74) is 1.56. The van der Waals surface area contributed by atoms with E-state index in [4.69, 9.17) is 0 Å². The van der Waals surface area contributed by atoms with Crippen LogP contribution in [0.2, 0.25) is 0 Å². The Morgan fingerprint density at radius 3 is 2.52 bits per heavy atom. The van der Waals surface area contributed by atoms with Crippen LogP contribution in [0.5, 0.6) is 0 Å². The van der Waals surface area contributed by atoms with Gasteiger partial charge < -0.3 is 10.0 Å². The van der Waals surface area contributed by atoms with Crippen molar-refractivity contribution in [2.75, 3.05) is 32.7 Å². The van der Waals surface area contributed by atoms with Gasteiger partial charge >= 0.3 is 0 Å². The number of hydrogen-bond donors (Lipinski definition) is 1. The highest BCUT2D eigenvalue weighted by atomic mass is 19.1. The normalized spacial score (nSPS) is 21.3. The lowest BCUT2D eigenvalue weighted by Crippen LogP contribution is -2.51. The van der Waals surface area contributed by atoms with E-state index < -0.39 is 6.10 Å². The van der Waals surface area contributed by atoms with Crippen molar-refractivity contribution in [1.82, 2.24) is 9.80 Å². The summed E-state index contributed by atoms with van der Waals surface area (Å²) < 4.78 is 13.2. The van der Waals surface area contributed by atoms with Gasteiger partial charge in [0, 0.05) is 38.6 Å². The number of amides is 1. The number of aliphatic hydroxyl groups excluding tert-OH is 1. The maximum atomic E-state index is 13.2. The fraction of sp³-hybridized carbons (Fsp3) is 0.650. The van der Waals surface area contributed by atoms with E-state index in [0.717, 1.165) is 50.1 Å². The molecule has 0 spiro atoms. The van der Waals surface area contributed by atoms with Crippen LogP contribution in [0.25, 0.3) is 0 Å². The van der Waals surface area contributed by atoms with Gasteiger partial charge in [-0.2, -0.15) is 0 Å². The van der Waals surface area contributed by atoms with Crippen LogP contribution in [0.1, 0.15) is 49.3 Å². The molecular weight excluding hydrogens is 319 g/mol. The topological polar surface area (TPSA) is 43.8 Å². The van der Waals surface area contributed by atoms with Gasteiger partial charge in [-0.3, -0.25) is 9.69 Å². The smallest absolute Gasteiger partial charge is 0.225 e. The molecule has 1 saturated carbocycles. The van der Waals surface area contributed by atoms with Crippen LogP contribution in [0.3, 0.4) is 0 Å². The number of halogens is 1. The number of nitrogens with zero attached hydrogens (tertiary/aromatic N) is 2. The van der Waals surface area contributed by atoms with Gasteiger partial charge in [0.2, 0.25) is 5.91 Å². The Kier molecular flexibility index (Phi) is 6.07. The van der Waals surface area contributed by atoms with E-state index in [-0.39, 0.29) is 11.7 Å². The van der Waals surface area contributed by atoms with E-state index in [1.54, 1.807) is 6.07 Å². The van der Waals surface area contributed by atoms with Crippen LogP contribution in [0, 0.1) is 18.7 Å². The summed E-state index contributed by atoms with van der Waals surface area (Å²) in [6.45, 7) is 5.40. The molecule has 0 aromatic heterocycles. The maximum absolute atomic E-state index is 13.2. The largest absolute Gasteiger partial charge is 0.387 e. The second kappa shape index (κ2) is 8.28. The quantitative estimate of drug-likeness (QED) is 0.910. The van der Waals surface area contributed by atoms with Crippen LogP contribution in [0.15, 0.2) is 18.2 Å². The van der Waals surface area contributed by atoms with Crippen LogP contribution in [-0.4, -0.2) is 53.5 Å². The van der Waals surface area contributed by atoms with E-state index in [1.165, 1.54) is 31.4 Å². The number of hydrogen-bond acceptors (Lipinski definition) is 3. The molecule has 0 radical (unpaired) electrons. The van der Waals surface area contributed by atoms with E-state index >= 15 is 0 Å². The van der Waals surface area contributed by atoms with Crippen molar-refractivity contribution in [3.63, 3.8) is 0 Å². The summed E-state index contributed by atoms with van der Waals surface area (Å²) in [6.07, 6.45) is 5.09. The standard InChI is InChI=1S/C20H29FN2O2/c1-15-13-17(21)7-8-18(15)19(24)14-22-9-11-23(12-10-22)20(25)16-5-3-2-4-6-16/h7-8,13,16,19,24H,2-6,9-12,14H2,1H3. The molecule has 5 heteroatoms. The third-order valence-corrected chi connectivity index (χ3v) is 5.66. The first-order valence-corrected chi connectivity index (χ1v) is 9.50. The molecule has 138 valence electrons. The highest BCUT2D eigenvalue weighted by molar-refractivity contribution is 5.79. The molecule has 0 bridgehead atoms.